The van der Waals surface area contributed by atoms with Crippen molar-refractivity contribution in [2.45, 2.75) is 36.9 Å². The fourth-order valence-electron chi connectivity index (χ4n) is 3.61. The van der Waals surface area contributed by atoms with Crippen molar-refractivity contribution in [1.29, 1.82) is 0 Å². The van der Waals surface area contributed by atoms with E-state index < -0.39 is 20.2 Å². The molecule has 0 unspecified atom stereocenters. The van der Waals surface area contributed by atoms with Crippen molar-refractivity contribution in [3.05, 3.63) is 93.5 Å². The van der Waals surface area contributed by atoms with Crippen LogP contribution in [0.2, 0.25) is 0 Å². The summed E-state index contributed by atoms with van der Waals surface area (Å²) in [6.07, 6.45) is 0. The molecule has 0 aliphatic carbocycles. The van der Waals surface area contributed by atoms with Gasteiger partial charge in [0.05, 0.1) is 75.9 Å². The lowest BCUT2D eigenvalue weighted by Crippen LogP contribution is -2.14. The van der Waals surface area contributed by atoms with Crippen LogP contribution in [-0.4, -0.2) is 69.7 Å². The molecule has 0 aromatic heterocycles. The Morgan fingerprint density at radius 2 is 0.860 bits per heavy atom. The standard InChI is InChI=1S/C30H37BrO10S2/c1-24-6-10-28(11-7-24)42(32,33)40-20-18-36-14-16-38-22-26-4-3-5-27(30(26)31)23-39-17-15-37-19-21-41-43(34,35)29-12-8-25(2)9-13-29/h3-13H,14-23H2,1-2H3. The van der Waals surface area contributed by atoms with Gasteiger partial charge in [-0.1, -0.05) is 69.5 Å². The minimum atomic E-state index is -3.81. The van der Waals surface area contributed by atoms with E-state index in [1.807, 2.05) is 32.0 Å². The summed E-state index contributed by atoms with van der Waals surface area (Å²) in [6, 6.07) is 18.7. The van der Waals surface area contributed by atoms with Crippen molar-refractivity contribution in [2.24, 2.45) is 0 Å². The minimum absolute atomic E-state index is 0.0848. The second kappa shape index (κ2) is 17.9. The van der Waals surface area contributed by atoms with Gasteiger partial charge in [0, 0.05) is 4.47 Å². The summed E-state index contributed by atoms with van der Waals surface area (Å²) in [6.45, 7) is 5.76. The fourth-order valence-corrected chi connectivity index (χ4v) is 5.89. The molecule has 236 valence electrons. The Morgan fingerprint density at radius 3 is 1.26 bits per heavy atom. The highest BCUT2D eigenvalue weighted by Crippen LogP contribution is 2.23. The van der Waals surface area contributed by atoms with Gasteiger partial charge in [-0.3, -0.25) is 8.37 Å². The molecule has 3 rings (SSSR count). The van der Waals surface area contributed by atoms with Crippen LogP contribution in [0.4, 0.5) is 0 Å². The van der Waals surface area contributed by atoms with Crippen LogP contribution in [0.15, 0.2) is 81.0 Å². The maximum absolute atomic E-state index is 12.2. The topological polar surface area (TPSA) is 124 Å². The van der Waals surface area contributed by atoms with E-state index in [1.165, 1.54) is 24.3 Å². The maximum Gasteiger partial charge on any atom is 0.297 e. The summed E-state index contributed by atoms with van der Waals surface area (Å²) in [5.74, 6) is 0. The van der Waals surface area contributed by atoms with Crippen LogP contribution in [0.3, 0.4) is 0 Å². The first kappa shape index (κ1) is 35.3. The van der Waals surface area contributed by atoms with Crippen LogP contribution >= 0.6 is 15.9 Å². The number of aryl methyl sites for hydroxylation is 2. The molecule has 3 aromatic carbocycles. The zero-order valence-electron chi connectivity index (χ0n) is 24.2. The second-order valence-electron chi connectivity index (χ2n) is 9.40. The molecule has 0 radical (unpaired) electrons. The molecule has 0 spiro atoms. The van der Waals surface area contributed by atoms with Gasteiger partial charge in [-0.25, -0.2) is 0 Å². The van der Waals surface area contributed by atoms with E-state index in [-0.39, 0.29) is 49.4 Å². The van der Waals surface area contributed by atoms with Crippen LogP contribution < -0.4 is 0 Å². The van der Waals surface area contributed by atoms with Gasteiger partial charge in [0.2, 0.25) is 0 Å². The van der Waals surface area contributed by atoms with Crippen molar-refractivity contribution >= 4 is 36.2 Å². The molecular weight excluding hydrogens is 664 g/mol. The Hall–Kier alpha value is -2.20. The molecule has 0 heterocycles. The maximum atomic E-state index is 12.2. The van der Waals surface area contributed by atoms with Gasteiger partial charge >= 0.3 is 0 Å². The van der Waals surface area contributed by atoms with E-state index in [1.54, 1.807) is 24.3 Å². The number of benzene rings is 3. The first-order valence-electron chi connectivity index (χ1n) is 13.6. The lowest BCUT2D eigenvalue weighted by molar-refractivity contribution is 0.0292. The van der Waals surface area contributed by atoms with Crippen molar-refractivity contribution in [1.82, 2.24) is 0 Å². The van der Waals surface area contributed by atoms with Gasteiger partial charge in [0.1, 0.15) is 0 Å². The van der Waals surface area contributed by atoms with Gasteiger partial charge in [-0.05, 0) is 49.2 Å². The van der Waals surface area contributed by atoms with Crippen LogP contribution in [0.5, 0.6) is 0 Å². The molecule has 0 N–H and O–H groups in total. The third kappa shape index (κ3) is 12.4. The summed E-state index contributed by atoms with van der Waals surface area (Å²) in [5.41, 5.74) is 3.81. The molecule has 10 nitrogen and oxygen atoms in total. The average molecular weight is 702 g/mol. The molecule has 43 heavy (non-hydrogen) atoms. The first-order valence-corrected chi connectivity index (χ1v) is 17.2. The van der Waals surface area contributed by atoms with Gasteiger partial charge in [-0.2, -0.15) is 16.8 Å². The minimum Gasteiger partial charge on any atom is -0.377 e. The smallest absolute Gasteiger partial charge is 0.297 e. The fraction of sp³-hybridized carbons (Fsp3) is 0.400. The summed E-state index contributed by atoms with van der Waals surface area (Å²) >= 11 is 3.60. The van der Waals surface area contributed by atoms with Crippen LogP contribution in [-0.2, 0) is 60.8 Å². The van der Waals surface area contributed by atoms with Crippen LogP contribution in [0.1, 0.15) is 22.3 Å². The normalized spacial score (nSPS) is 12.1. The molecule has 0 bridgehead atoms. The SMILES string of the molecule is Cc1ccc(S(=O)(=O)OCCOCCOCc2cccc(COCCOCCOS(=O)(=O)c3ccc(C)cc3)c2Br)cc1. The first-order chi connectivity index (χ1) is 20.6. The van der Waals surface area contributed by atoms with Gasteiger partial charge < -0.3 is 18.9 Å². The van der Waals surface area contributed by atoms with Gasteiger partial charge in [0.25, 0.3) is 20.2 Å². The van der Waals surface area contributed by atoms with Crippen molar-refractivity contribution in [3.63, 3.8) is 0 Å². The third-order valence-corrected chi connectivity index (χ3v) is 9.64. The highest BCUT2D eigenvalue weighted by atomic mass is 79.9. The second-order valence-corrected chi connectivity index (χ2v) is 13.4. The molecule has 0 saturated carbocycles. The molecule has 0 fully saturated rings. The van der Waals surface area contributed by atoms with Crippen molar-refractivity contribution in [3.8, 4) is 0 Å². The van der Waals surface area contributed by atoms with E-state index in [9.17, 15) is 16.8 Å². The van der Waals surface area contributed by atoms with Crippen molar-refractivity contribution in [2.75, 3.05) is 52.9 Å². The summed E-state index contributed by atoms with van der Waals surface area (Å²) in [4.78, 5) is 0.227. The Balaban J connectivity index is 1.24. The van der Waals surface area contributed by atoms with E-state index in [0.29, 0.717) is 26.4 Å². The highest BCUT2D eigenvalue weighted by molar-refractivity contribution is 9.10. The predicted octanol–water partition coefficient (Wildman–Crippen LogP) is 4.94. The van der Waals surface area contributed by atoms with Crippen LogP contribution in [0.25, 0.3) is 0 Å². The Kier molecular flexibility index (Phi) is 14.7. The molecule has 0 aliphatic heterocycles. The molecule has 3 aromatic rings. The van der Waals surface area contributed by atoms with E-state index >= 15 is 0 Å². The molecule has 0 amide bonds. The van der Waals surface area contributed by atoms with Crippen LogP contribution in [0, 0.1) is 13.8 Å². The lowest BCUT2D eigenvalue weighted by Gasteiger charge is -2.12. The van der Waals surface area contributed by atoms with Gasteiger partial charge in [0.15, 0.2) is 0 Å². The summed E-state index contributed by atoms with van der Waals surface area (Å²) in [5, 5.41) is 0. The average Bonchev–Trinajstić information content (AvgIpc) is 2.97. The zero-order valence-corrected chi connectivity index (χ0v) is 27.4. The molecule has 0 atom stereocenters. The largest absolute Gasteiger partial charge is 0.377 e. The monoisotopic (exact) mass is 700 g/mol. The third-order valence-electron chi connectivity index (χ3n) is 5.97. The number of ether oxygens (including phenoxy) is 4. The summed E-state index contributed by atoms with van der Waals surface area (Å²) < 4.78 is 81.8. The molecular formula is C30H37BrO10S2. The number of rotatable bonds is 20. The van der Waals surface area contributed by atoms with E-state index in [4.69, 9.17) is 27.3 Å². The molecule has 0 saturated heterocycles. The lowest BCUT2D eigenvalue weighted by atomic mass is 10.1. The van der Waals surface area contributed by atoms with Gasteiger partial charge in [-0.15, -0.1) is 0 Å². The van der Waals surface area contributed by atoms with E-state index in [2.05, 4.69) is 15.9 Å². The summed E-state index contributed by atoms with van der Waals surface area (Å²) in [7, 11) is -7.61. The number of hydrogen-bond donors (Lipinski definition) is 0. The quantitative estimate of drug-likeness (QED) is 0.118. The highest BCUT2D eigenvalue weighted by Gasteiger charge is 2.15. The number of halogens is 1. The molecule has 13 heteroatoms. The number of hydrogen-bond acceptors (Lipinski definition) is 10. The Bertz CT molecular complexity index is 1370. The van der Waals surface area contributed by atoms with Crippen molar-refractivity contribution < 1.29 is 44.1 Å². The molecule has 0 aliphatic rings. The Morgan fingerprint density at radius 1 is 0.512 bits per heavy atom. The van der Waals surface area contributed by atoms with E-state index in [0.717, 1.165) is 26.7 Å². The zero-order chi connectivity index (χ0) is 31.1. The Labute approximate surface area is 262 Å². The predicted molar refractivity (Wildman–Crippen MR) is 164 cm³/mol.